The van der Waals surface area contributed by atoms with E-state index in [9.17, 15) is 0 Å². The Hall–Kier alpha value is 0.250. The second-order valence-corrected chi connectivity index (χ2v) is 1.23. The molecule has 0 aromatic heterocycles. The Labute approximate surface area is 36.6 Å². The highest BCUT2D eigenvalue weighted by Gasteiger charge is 1.85. The summed E-state index contributed by atoms with van der Waals surface area (Å²) in [4.78, 5) is 0. The van der Waals surface area contributed by atoms with E-state index in [1.54, 1.807) is 0 Å². The second kappa shape index (κ2) is 2.49. The van der Waals surface area contributed by atoms with Crippen molar-refractivity contribution in [2.24, 2.45) is 0 Å². The largest absolute Gasteiger partial charge is 0.378 e. The number of alkyl halides is 1. The van der Waals surface area contributed by atoms with Gasteiger partial charge in [0.25, 0.3) is 0 Å². The first-order valence-corrected chi connectivity index (χ1v) is 1.82. The molecule has 0 aromatic carbocycles. The molecule has 1 nitrogen and oxygen atoms in total. The third-order valence-corrected chi connectivity index (χ3v) is 0.456. The van der Waals surface area contributed by atoms with Crippen LogP contribution in [0.15, 0.2) is 0 Å². The van der Waals surface area contributed by atoms with Gasteiger partial charge >= 0.3 is 0 Å². The van der Waals surface area contributed by atoms with Gasteiger partial charge in [0.15, 0.2) is 0 Å². The fourth-order valence-corrected chi connectivity index (χ4v) is 0. The monoisotopic (exact) mass is 93.0 g/mol. The maximum Gasteiger partial charge on any atom is 0.128 e. The van der Waals surface area contributed by atoms with Gasteiger partial charge < -0.3 is 5.11 Å². The molecule has 0 aromatic rings. The summed E-state index contributed by atoms with van der Waals surface area (Å²) in [5.41, 5.74) is -0.755. The van der Waals surface area contributed by atoms with Gasteiger partial charge in [0.1, 0.15) is 5.56 Å². The van der Waals surface area contributed by atoms with Crippen LogP contribution in [-0.2, 0) is 0 Å². The average Bonchev–Trinajstić information content (AvgIpc) is 1.38. The zero-order chi connectivity index (χ0) is 4.28. The van der Waals surface area contributed by atoms with Crippen molar-refractivity contribution in [3.8, 4) is 0 Å². The van der Waals surface area contributed by atoms with E-state index in [1.165, 1.54) is 0 Å². The normalized spacial score (nSPS) is 15.0. The van der Waals surface area contributed by atoms with Crippen LogP contribution in [0.2, 0.25) is 0 Å². The molecule has 0 saturated heterocycles. The van der Waals surface area contributed by atoms with Gasteiger partial charge in [-0.2, -0.15) is 0 Å². The fraction of sp³-hybridized carbons (Fsp3) is 0.667. The van der Waals surface area contributed by atoms with E-state index in [1.807, 2.05) is 0 Å². The minimum absolute atomic E-state index is 0.377. The highest BCUT2D eigenvalue weighted by atomic mass is 35.5. The highest BCUT2D eigenvalue weighted by Crippen LogP contribution is 1.90. The zero-order valence-electron chi connectivity index (χ0n) is 2.82. The molecule has 5 heavy (non-hydrogen) atoms. The molecule has 0 rings (SSSR count). The highest BCUT2D eigenvalue weighted by molar-refractivity contribution is 6.19. The van der Waals surface area contributed by atoms with Crippen LogP contribution in [-0.4, -0.2) is 10.7 Å². The maximum atomic E-state index is 8.06. The van der Waals surface area contributed by atoms with Gasteiger partial charge in [0, 0.05) is 0 Å². The van der Waals surface area contributed by atoms with Gasteiger partial charge in [-0.3, -0.25) is 0 Å². The fourth-order valence-electron chi connectivity index (χ4n) is 0. The minimum atomic E-state index is -0.755. The summed E-state index contributed by atoms with van der Waals surface area (Å²) in [6.45, 7) is 3.30. The predicted molar refractivity (Wildman–Crippen MR) is 21.8 cm³/mol. The van der Waals surface area contributed by atoms with Gasteiger partial charge in [0.05, 0.1) is 0 Å². The lowest BCUT2D eigenvalue weighted by atomic mass is 10.5. The van der Waals surface area contributed by atoms with Crippen LogP contribution in [0.1, 0.15) is 6.42 Å². The molecule has 1 atom stereocenters. The van der Waals surface area contributed by atoms with Crippen molar-refractivity contribution in [1.82, 2.24) is 0 Å². The van der Waals surface area contributed by atoms with Crippen molar-refractivity contribution in [3.05, 3.63) is 6.92 Å². The van der Waals surface area contributed by atoms with E-state index in [0.29, 0.717) is 6.42 Å². The van der Waals surface area contributed by atoms with Crippen molar-refractivity contribution in [3.63, 3.8) is 0 Å². The topological polar surface area (TPSA) is 20.2 Å². The average molecular weight is 93.5 g/mol. The molecule has 0 amide bonds. The van der Waals surface area contributed by atoms with Gasteiger partial charge in [-0.25, -0.2) is 0 Å². The lowest BCUT2D eigenvalue weighted by Crippen LogP contribution is -1.88. The molecular formula is C3H6ClO. The molecular weight excluding hydrogens is 87.5 g/mol. The van der Waals surface area contributed by atoms with Gasteiger partial charge in [0.2, 0.25) is 0 Å². The first kappa shape index (κ1) is 5.25. The number of halogens is 1. The smallest absolute Gasteiger partial charge is 0.128 e. The van der Waals surface area contributed by atoms with Gasteiger partial charge in [-0.05, 0) is 13.3 Å². The first-order valence-electron chi connectivity index (χ1n) is 1.38. The molecule has 31 valence electrons. The molecule has 0 saturated carbocycles. The molecule has 2 heteroatoms. The van der Waals surface area contributed by atoms with Crippen molar-refractivity contribution >= 4 is 11.6 Å². The third kappa shape index (κ3) is 4.25. The lowest BCUT2D eigenvalue weighted by Gasteiger charge is -1.87. The van der Waals surface area contributed by atoms with Crippen LogP contribution in [0.3, 0.4) is 0 Å². The van der Waals surface area contributed by atoms with Crippen molar-refractivity contribution in [2.45, 2.75) is 12.0 Å². The van der Waals surface area contributed by atoms with E-state index >= 15 is 0 Å². The number of hydrogen-bond donors (Lipinski definition) is 1. The molecule has 0 aliphatic heterocycles. The first-order chi connectivity index (χ1) is 2.27. The van der Waals surface area contributed by atoms with Crippen LogP contribution in [0.5, 0.6) is 0 Å². The summed E-state index contributed by atoms with van der Waals surface area (Å²) < 4.78 is 0. The maximum absolute atomic E-state index is 8.06. The van der Waals surface area contributed by atoms with Crippen molar-refractivity contribution in [2.75, 3.05) is 0 Å². The molecule has 1 N–H and O–H groups in total. The Bertz CT molecular complexity index is 20.9. The number of aliphatic hydroxyl groups excluding tert-OH is 1. The predicted octanol–water partition coefficient (Wildman–Crippen LogP) is 0.768. The van der Waals surface area contributed by atoms with Crippen LogP contribution < -0.4 is 0 Å². The Morgan fingerprint density at radius 2 is 2.20 bits per heavy atom. The van der Waals surface area contributed by atoms with Gasteiger partial charge in [-0.1, -0.05) is 11.6 Å². The van der Waals surface area contributed by atoms with Crippen LogP contribution in [0.4, 0.5) is 0 Å². The summed E-state index contributed by atoms with van der Waals surface area (Å²) in [5, 5.41) is 8.06. The number of hydrogen-bond acceptors (Lipinski definition) is 1. The molecule has 0 aliphatic carbocycles. The molecule has 1 unspecified atom stereocenters. The minimum Gasteiger partial charge on any atom is -0.378 e. The Morgan fingerprint density at radius 3 is 2.20 bits per heavy atom. The summed E-state index contributed by atoms with van der Waals surface area (Å²) in [6.07, 6.45) is 0.377. The van der Waals surface area contributed by atoms with Crippen LogP contribution in [0, 0.1) is 6.92 Å². The number of rotatable bonds is 1. The van der Waals surface area contributed by atoms with Crippen molar-refractivity contribution < 1.29 is 5.11 Å². The molecule has 0 fully saturated rings. The summed E-state index contributed by atoms with van der Waals surface area (Å²) >= 11 is 4.96. The standard InChI is InChI=1S/C3H6ClO/c1-2-3(4)5/h3,5H,1-2H2. The van der Waals surface area contributed by atoms with E-state index in [0.717, 1.165) is 0 Å². The van der Waals surface area contributed by atoms with E-state index in [4.69, 9.17) is 16.7 Å². The van der Waals surface area contributed by atoms with E-state index in [-0.39, 0.29) is 0 Å². The van der Waals surface area contributed by atoms with Crippen molar-refractivity contribution in [1.29, 1.82) is 0 Å². The Kier molecular flexibility index (Phi) is 2.61. The second-order valence-electron chi connectivity index (χ2n) is 0.723. The Morgan fingerprint density at radius 1 is 2.00 bits per heavy atom. The quantitative estimate of drug-likeness (QED) is 0.475. The SMILES string of the molecule is [CH2]CC(O)Cl. The number of aliphatic hydroxyl groups is 1. The molecule has 0 heterocycles. The lowest BCUT2D eigenvalue weighted by molar-refractivity contribution is 0.259. The molecule has 0 bridgehead atoms. The summed E-state index contributed by atoms with van der Waals surface area (Å²) in [5.74, 6) is 0. The zero-order valence-corrected chi connectivity index (χ0v) is 3.57. The molecule has 1 radical (unpaired) electrons. The summed E-state index contributed by atoms with van der Waals surface area (Å²) in [7, 11) is 0. The van der Waals surface area contributed by atoms with Crippen LogP contribution in [0.25, 0.3) is 0 Å². The molecule has 0 spiro atoms. The van der Waals surface area contributed by atoms with E-state index < -0.39 is 5.56 Å². The summed E-state index contributed by atoms with van der Waals surface area (Å²) in [6, 6.07) is 0. The van der Waals surface area contributed by atoms with Crippen LogP contribution >= 0.6 is 11.6 Å². The third-order valence-electron chi connectivity index (χ3n) is 0.238. The Balaban J connectivity index is 2.54. The molecule has 0 aliphatic rings. The van der Waals surface area contributed by atoms with E-state index in [2.05, 4.69) is 6.92 Å². The van der Waals surface area contributed by atoms with Gasteiger partial charge in [-0.15, -0.1) is 0 Å².